The van der Waals surface area contributed by atoms with Crippen molar-refractivity contribution in [1.82, 2.24) is 14.5 Å². The predicted molar refractivity (Wildman–Crippen MR) is 74.5 cm³/mol. The molecular formula is C14H13N3O2. The molecule has 0 aliphatic carbocycles. The molecule has 1 aromatic carbocycles. The minimum atomic E-state index is -0.432. The third kappa shape index (κ3) is 1.58. The SMILES string of the molecule is CCn1c(=O)[nH]c(=O)c2nc3ccccc3c(C)c21. The Labute approximate surface area is 108 Å². The predicted octanol–water partition coefficient (Wildman–Crippen LogP) is 1.57. The average molecular weight is 255 g/mol. The van der Waals surface area contributed by atoms with Crippen molar-refractivity contribution >= 4 is 21.9 Å². The second kappa shape index (κ2) is 4.05. The van der Waals surface area contributed by atoms with Crippen LogP contribution in [0, 0.1) is 6.92 Å². The second-order valence-corrected chi connectivity index (χ2v) is 4.45. The summed E-state index contributed by atoms with van der Waals surface area (Å²) in [6.45, 7) is 4.28. The van der Waals surface area contributed by atoms with Crippen LogP contribution in [-0.4, -0.2) is 14.5 Å². The molecule has 2 aromatic heterocycles. The summed E-state index contributed by atoms with van der Waals surface area (Å²) in [7, 11) is 0. The highest BCUT2D eigenvalue weighted by molar-refractivity contribution is 5.94. The van der Waals surface area contributed by atoms with Gasteiger partial charge in [0.2, 0.25) is 0 Å². The molecule has 5 heteroatoms. The smallest absolute Gasteiger partial charge is 0.292 e. The van der Waals surface area contributed by atoms with Crippen molar-refractivity contribution in [3.8, 4) is 0 Å². The zero-order valence-corrected chi connectivity index (χ0v) is 10.7. The van der Waals surface area contributed by atoms with Crippen LogP contribution in [0.1, 0.15) is 12.5 Å². The molecule has 0 amide bonds. The Kier molecular flexibility index (Phi) is 2.48. The van der Waals surface area contributed by atoms with Gasteiger partial charge in [-0.3, -0.25) is 14.3 Å². The molecule has 0 unspecified atom stereocenters. The average Bonchev–Trinajstić information content (AvgIpc) is 2.41. The number of pyridine rings is 1. The Balaban J connectivity index is 2.70. The van der Waals surface area contributed by atoms with Crippen molar-refractivity contribution < 1.29 is 0 Å². The van der Waals surface area contributed by atoms with Crippen LogP contribution in [0.2, 0.25) is 0 Å². The van der Waals surface area contributed by atoms with Crippen LogP contribution in [0.25, 0.3) is 21.9 Å². The van der Waals surface area contributed by atoms with E-state index in [0.29, 0.717) is 17.6 Å². The van der Waals surface area contributed by atoms with E-state index in [9.17, 15) is 9.59 Å². The van der Waals surface area contributed by atoms with Crippen LogP contribution in [0.5, 0.6) is 0 Å². The summed E-state index contributed by atoms with van der Waals surface area (Å²) in [4.78, 5) is 30.5. The van der Waals surface area contributed by atoms with Crippen LogP contribution in [0.15, 0.2) is 33.9 Å². The lowest BCUT2D eigenvalue weighted by atomic mass is 10.1. The lowest BCUT2D eigenvalue weighted by Crippen LogP contribution is -2.30. The van der Waals surface area contributed by atoms with Gasteiger partial charge in [-0.1, -0.05) is 18.2 Å². The first-order valence-corrected chi connectivity index (χ1v) is 6.15. The zero-order chi connectivity index (χ0) is 13.6. The fraction of sp³-hybridized carbons (Fsp3) is 0.214. The summed E-state index contributed by atoms with van der Waals surface area (Å²) in [5, 5.41) is 0.960. The standard InChI is InChI=1S/C14H13N3O2/c1-3-17-12-8(2)9-6-4-5-7-10(9)15-11(12)13(18)16-14(17)19/h4-7H,3H2,1-2H3,(H,16,18,19). The van der Waals surface area contributed by atoms with Gasteiger partial charge in [0.25, 0.3) is 5.56 Å². The Hall–Kier alpha value is -2.43. The molecule has 0 aliphatic heterocycles. The molecule has 0 saturated heterocycles. The number of hydrogen-bond donors (Lipinski definition) is 1. The number of benzene rings is 1. The van der Waals surface area contributed by atoms with Crippen molar-refractivity contribution in [3.63, 3.8) is 0 Å². The van der Waals surface area contributed by atoms with Gasteiger partial charge in [-0.2, -0.15) is 0 Å². The van der Waals surface area contributed by atoms with E-state index >= 15 is 0 Å². The molecule has 0 fully saturated rings. The number of rotatable bonds is 1. The number of H-pyrrole nitrogens is 1. The molecule has 0 spiro atoms. The highest BCUT2D eigenvalue weighted by Gasteiger charge is 2.12. The van der Waals surface area contributed by atoms with Crippen molar-refractivity contribution in [2.24, 2.45) is 0 Å². The molecule has 2 heterocycles. The molecule has 5 nitrogen and oxygen atoms in total. The normalized spacial score (nSPS) is 11.3. The number of aryl methyl sites for hydroxylation is 2. The van der Waals surface area contributed by atoms with E-state index in [1.54, 1.807) is 4.57 Å². The maximum absolute atomic E-state index is 11.9. The van der Waals surface area contributed by atoms with Crippen LogP contribution >= 0.6 is 0 Å². The highest BCUT2D eigenvalue weighted by Crippen LogP contribution is 2.22. The summed E-state index contributed by atoms with van der Waals surface area (Å²) < 4.78 is 1.55. The van der Waals surface area contributed by atoms with Crippen LogP contribution in [0.3, 0.4) is 0 Å². The number of para-hydroxylation sites is 1. The maximum atomic E-state index is 11.9. The van der Waals surface area contributed by atoms with E-state index in [1.807, 2.05) is 38.1 Å². The van der Waals surface area contributed by atoms with E-state index in [-0.39, 0.29) is 5.69 Å². The van der Waals surface area contributed by atoms with Gasteiger partial charge < -0.3 is 0 Å². The Morgan fingerprint density at radius 2 is 2.00 bits per heavy atom. The number of aromatic nitrogens is 3. The Bertz CT molecular complexity index is 906. The third-order valence-corrected chi connectivity index (χ3v) is 3.39. The number of hydrogen-bond acceptors (Lipinski definition) is 3. The quantitative estimate of drug-likeness (QED) is 0.671. The molecule has 0 atom stereocenters. The van der Waals surface area contributed by atoms with E-state index in [1.165, 1.54) is 0 Å². The molecule has 0 bridgehead atoms. The molecule has 0 radical (unpaired) electrons. The molecule has 19 heavy (non-hydrogen) atoms. The topological polar surface area (TPSA) is 67.8 Å². The first-order valence-electron chi connectivity index (χ1n) is 6.15. The number of aromatic amines is 1. The monoisotopic (exact) mass is 255 g/mol. The summed E-state index contributed by atoms with van der Waals surface area (Å²) in [6, 6.07) is 7.61. The first kappa shape index (κ1) is 11.6. The molecule has 0 saturated carbocycles. The van der Waals surface area contributed by atoms with Crippen LogP contribution < -0.4 is 11.2 Å². The van der Waals surface area contributed by atoms with Crippen LogP contribution in [0.4, 0.5) is 0 Å². The van der Waals surface area contributed by atoms with E-state index in [4.69, 9.17) is 0 Å². The molecule has 3 rings (SSSR count). The zero-order valence-electron chi connectivity index (χ0n) is 10.7. The van der Waals surface area contributed by atoms with E-state index < -0.39 is 5.56 Å². The van der Waals surface area contributed by atoms with E-state index in [0.717, 1.165) is 16.5 Å². The van der Waals surface area contributed by atoms with Crippen molar-refractivity contribution in [3.05, 3.63) is 50.7 Å². The van der Waals surface area contributed by atoms with Crippen molar-refractivity contribution in [2.75, 3.05) is 0 Å². The van der Waals surface area contributed by atoms with Crippen LogP contribution in [-0.2, 0) is 6.54 Å². The summed E-state index contributed by atoms with van der Waals surface area (Å²) in [6.07, 6.45) is 0. The first-order chi connectivity index (χ1) is 9.13. The third-order valence-electron chi connectivity index (χ3n) is 3.39. The fourth-order valence-corrected chi connectivity index (χ4v) is 2.48. The van der Waals surface area contributed by atoms with Gasteiger partial charge in [0.1, 0.15) is 0 Å². The van der Waals surface area contributed by atoms with E-state index in [2.05, 4.69) is 9.97 Å². The van der Waals surface area contributed by atoms with Crippen molar-refractivity contribution in [1.29, 1.82) is 0 Å². The summed E-state index contributed by atoms with van der Waals surface area (Å²) >= 11 is 0. The number of nitrogens with zero attached hydrogens (tertiary/aromatic N) is 2. The van der Waals surface area contributed by atoms with Gasteiger partial charge in [0.15, 0.2) is 5.52 Å². The minimum Gasteiger partial charge on any atom is -0.292 e. The van der Waals surface area contributed by atoms with Gasteiger partial charge in [0.05, 0.1) is 11.0 Å². The molecular weight excluding hydrogens is 242 g/mol. The second-order valence-electron chi connectivity index (χ2n) is 4.45. The molecule has 1 N–H and O–H groups in total. The highest BCUT2D eigenvalue weighted by atomic mass is 16.2. The molecule has 96 valence electrons. The molecule has 0 aliphatic rings. The minimum absolute atomic E-state index is 0.317. The summed E-state index contributed by atoms with van der Waals surface area (Å²) in [5.41, 5.74) is 1.79. The fourth-order valence-electron chi connectivity index (χ4n) is 2.48. The lowest BCUT2D eigenvalue weighted by molar-refractivity contribution is 0.724. The maximum Gasteiger partial charge on any atom is 0.328 e. The van der Waals surface area contributed by atoms with Gasteiger partial charge in [-0.15, -0.1) is 0 Å². The van der Waals surface area contributed by atoms with Gasteiger partial charge in [0, 0.05) is 11.9 Å². The van der Waals surface area contributed by atoms with Crippen molar-refractivity contribution in [2.45, 2.75) is 20.4 Å². The van der Waals surface area contributed by atoms with Gasteiger partial charge in [-0.05, 0) is 25.5 Å². The molecule has 3 aromatic rings. The number of nitrogens with one attached hydrogen (secondary N) is 1. The Morgan fingerprint density at radius 1 is 1.26 bits per heavy atom. The lowest BCUT2D eigenvalue weighted by Gasteiger charge is -2.11. The number of fused-ring (bicyclic) bond motifs is 2. The van der Waals surface area contributed by atoms with Gasteiger partial charge in [-0.25, -0.2) is 9.78 Å². The Morgan fingerprint density at radius 3 is 2.74 bits per heavy atom. The summed E-state index contributed by atoms with van der Waals surface area (Å²) in [5.74, 6) is 0. The largest absolute Gasteiger partial charge is 0.328 e. The van der Waals surface area contributed by atoms with Gasteiger partial charge >= 0.3 is 5.69 Å².